The van der Waals surface area contributed by atoms with Gasteiger partial charge in [-0.15, -0.1) is 0 Å². The van der Waals surface area contributed by atoms with Crippen molar-refractivity contribution in [3.63, 3.8) is 0 Å². The lowest BCUT2D eigenvalue weighted by molar-refractivity contribution is 0.104. The molecule has 0 radical (unpaired) electrons. The summed E-state index contributed by atoms with van der Waals surface area (Å²) in [5, 5.41) is 29.5. The normalized spacial score (nSPS) is 10.9. The summed E-state index contributed by atoms with van der Waals surface area (Å²) in [5.74, 6) is -0.609. The Morgan fingerprint density at radius 1 is 0.929 bits per heavy atom. The lowest BCUT2D eigenvalue weighted by Gasteiger charge is -2.08. The Morgan fingerprint density at radius 2 is 1.54 bits per heavy atom. The Morgan fingerprint density at radius 3 is 2.14 bits per heavy atom. The summed E-state index contributed by atoms with van der Waals surface area (Å²) in [4.78, 5) is 12.3. The Balaban J connectivity index is 1.77. The van der Waals surface area contributed by atoms with Gasteiger partial charge in [0.25, 0.3) is 0 Å². The van der Waals surface area contributed by atoms with E-state index in [9.17, 15) is 20.1 Å². The SMILES string of the molecule is Cc1cc(Oc2ccc(Cl)cc2)ccc1/C=C/C(=O)c1c(O)cc(O)cc1O. The van der Waals surface area contributed by atoms with Gasteiger partial charge in [-0.1, -0.05) is 23.7 Å². The van der Waals surface area contributed by atoms with Crippen LogP contribution in [0.4, 0.5) is 0 Å². The van der Waals surface area contributed by atoms with E-state index in [1.807, 2.05) is 13.0 Å². The maximum Gasteiger partial charge on any atom is 0.193 e. The first-order valence-electron chi connectivity index (χ1n) is 8.35. The van der Waals surface area contributed by atoms with E-state index in [4.69, 9.17) is 16.3 Å². The molecule has 0 saturated heterocycles. The summed E-state index contributed by atoms with van der Waals surface area (Å²) in [6.45, 7) is 1.87. The van der Waals surface area contributed by atoms with Gasteiger partial charge in [0.15, 0.2) is 5.78 Å². The molecule has 0 atom stereocenters. The number of rotatable bonds is 5. The molecule has 0 aliphatic rings. The molecule has 3 rings (SSSR count). The van der Waals surface area contributed by atoms with Crippen LogP contribution in [-0.2, 0) is 0 Å². The van der Waals surface area contributed by atoms with Crippen LogP contribution in [0.1, 0.15) is 21.5 Å². The number of benzene rings is 3. The first kappa shape index (κ1) is 19.3. The molecule has 0 fully saturated rings. The average molecular weight is 397 g/mol. The number of phenols is 3. The van der Waals surface area contributed by atoms with Gasteiger partial charge < -0.3 is 20.1 Å². The van der Waals surface area contributed by atoms with Gasteiger partial charge in [0.1, 0.15) is 34.3 Å². The number of aryl methyl sites for hydroxylation is 1. The predicted octanol–water partition coefficient (Wildman–Crippen LogP) is 5.45. The van der Waals surface area contributed by atoms with Gasteiger partial charge in [-0.05, 0) is 60.5 Å². The highest BCUT2D eigenvalue weighted by atomic mass is 35.5. The van der Waals surface area contributed by atoms with Crippen LogP contribution in [0.2, 0.25) is 5.02 Å². The van der Waals surface area contributed by atoms with Gasteiger partial charge in [0, 0.05) is 17.2 Å². The van der Waals surface area contributed by atoms with Crippen molar-refractivity contribution in [2.24, 2.45) is 0 Å². The number of hydrogen-bond acceptors (Lipinski definition) is 5. The highest BCUT2D eigenvalue weighted by Gasteiger charge is 2.15. The molecular formula is C22H17ClO5. The standard InChI is InChI=1S/C22H17ClO5/c1-13-10-18(28-17-7-4-15(23)5-8-17)6-2-14(13)3-9-19(25)22-20(26)11-16(24)12-21(22)27/h2-12,24,26-27H,1H3/b9-3+. The van der Waals surface area contributed by atoms with Crippen molar-refractivity contribution < 1.29 is 24.9 Å². The number of ketones is 1. The van der Waals surface area contributed by atoms with Crippen LogP contribution in [0.5, 0.6) is 28.7 Å². The molecule has 3 N–H and O–H groups in total. The number of phenolic OH excluding ortho intramolecular Hbond substituents is 3. The second kappa shape index (κ2) is 8.06. The van der Waals surface area contributed by atoms with Crippen LogP contribution < -0.4 is 4.74 Å². The number of hydrogen-bond donors (Lipinski definition) is 3. The molecule has 0 saturated carbocycles. The summed E-state index contributed by atoms with van der Waals surface area (Å²) in [5.41, 5.74) is 1.37. The van der Waals surface area contributed by atoms with Gasteiger partial charge in [-0.2, -0.15) is 0 Å². The minimum Gasteiger partial charge on any atom is -0.508 e. The van der Waals surface area contributed by atoms with E-state index >= 15 is 0 Å². The topological polar surface area (TPSA) is 87.0 Å². The molecule has 0 aromatic heterocycles. The molecule has 5 nitrogen and oxygen atoms in total. The lowest BCUT2D eigenvalue weighted by Crippen LogP contribution is -1.96. The molecule has 3 aromatic rings. The van der Waals surface area contributed by atoms with Crippen molar-refractivity contribution in [1.29, 1.82) is 0 Å². The van der Waals surface area contributed by atoms with Crippen LogP contribution in [0.15, 0.2) is 60.7 Å². The van der Waals surface area contributed by atoms with Crippen molar-refractivity contribution in [3.8, 4) is 28.7 Å². The highest BCUT2D eigenvalue weighted by molar-refractivity contribution is 6.30. The fourth-order valence-corrected chi connectivity index (χ4v) is 2.76. The van der Waals surface area contributed by atoms with Crippen LogP contribution in [0.3, 0.4) is 0 Å². The molecule has 28 heavy (non-hydrogen) atoms. The number of ether oxygens (including phenoxy) is 1. The molecule has 0 unspecified atom stereocenters. The number of allylic oxidation sites excluding steroid dienone is 1. The maximum atomic E-state index is 12.3. The van der Waals surface area contributed by atoms with E-state index in [2.05, 4.69) is 0 Å². The zero-order valence-electron chi connectivity index (χ0n) is 14.9. The molecule has 3 aromatic carbocycles. The third-order valence-corrected chi connectivity index (χ3v) is 4.28. The number of carbonyl (C=O) groups is 1. The average Bonchev–Trinajstić information content (AvgIpc) is 2.62. The first-order chi connectivity index (χ1) is 13.3. The van der Waals surface area contributed by atoms with Crippen molar-refractivity contribution >= 4 is 23.5 Å². The molecule has 0 heterocycles. The third kappa shape index (κ3) is 4.45. The molecular weight excluding hydrogens is 380 g/mol. The fourth-order valence-electron chi connectivity index (χ4n) is 2.64. The van der Waals surface area contributed by atoms with E-state index in [1.165, 1.54) is 6.08 Å². The van der Waals surface area contributed by atoms with Crippen molar-refractivity contribution in [3.05, 3.63) is 82.4 Å². The zero-order valence-corrected chi connectivity index (χ0v) is 15.6. The molecule has 0 aliphatic heterocycles. The van der Waals surface area contributed by atoms with E-state index in [-0.39, 0.29) is 11.3 Å². The number of aromatic hydroxyl groups is 3. The second-order valence-corrected chi connectivity index (χ2v) is 6.57. The van der Waals surface area contributed by atoms with Gasteiger partial charge >= 0.3 is 0 Å². The Kier molecular flexibility index (Phi) is 5.57. The molecule has 0 spiro atoms. The summed E-state index contributed by atoms with van der Waals surface area (Å²) in [7, 11) is 0. The summed E-state index contributed by atoms with van der Waals surface area (Å²) < 4.78 is 5.77. The van der Waals surface area contributed by atoms with Crippen molar-refractivity contribution in [2.45, 2.75) is 6.92 Å². The van der Waals surface area contributed by atoms with Gasteiger partial charge in [0.2, 0.25) is 0 Å². The van der Waals surface area contributed by atoms with Crippen molar-refractivity contribution in [2.75, 3.05) is 0 Å². The second-order valence-electron chi connectivity index (χ2n) is 6.13. The van der Waals surface area contributed by atoms with E-state index in [1.54, 1.807) is 42.5 Å². The summed E-state index contributed by atoms with van der Waals surface area (Å²) in [6, 6.07) is 14.4. The Hall–Kier alpha value is -3.44. The van der Waals surface area contributed by atoms with Crippen LogP contribution in [0, 0.1) is 6.92 Å². The number of halogens is 1. The van der Waals surface area contributed by atoms with Crippen LogP contribution in [0.25, 0.3) is 6.08 Å². The smallest absolute Gasteiger partial charge is 0.193 e. The van der Waals surface area contributed by atoms with Gasteiger partial charge in [-0.25, -0.2) is 0 Å². The minimum absolute atomic E-state index is 0.269. The molecule has 0 amide bonds. The highest BCUT2D eigenvalue weighted by Crippen LogP contribution is 2.32. The van der Waals surface area contributed by atoms with E-state index in [0.717, 1.165) is 23.3 Å². The summed E-state index contributed by atoms with van der Waals surface area (Å²) >= 11 is 5.86. The molecule has 0 bridgehead atoms. The van der Waals surface area contributed by atoms with E-state index in [0.29, 0.717) is 16.5 Å². The Bertz CT molecular complexity index is 1030. The maximum absolute atomic E-state index is 12.3. The van der Waals surface area contributed by atoms with Crippen LogP contribution >= 0.6 is 11.6 Å². The first-order valence-corrected chi connectivity index (χ1v) is 8.72. The predicted molar refractivity (Wildman–Crippen MR) is 108 cm³/mol. The third-order valence-electron chi connectivity index (χ3n) is 4.03. The zero-order chi connectivity index (χ0) is 20.3. The summed E-state index contributed by atoms with van der Waals surface area (Å²) in [6.07, 6.45) is 2.82. The Labute approximate surface area is 166 Å². The van der Waals surface area contributed by atoms with Crippen molar-refractivity contribution in [1.82, 2.24) is 0 Å². The minimum atomic E-state index is -0.587. The van der Waals surface area contributed by atoms with Gasteiger partial charge in [-0.3, -0.25) is 4.79 Å². The molecule has 0 aliphatic carbocycles. The fraction of sp³-hybridized carbons (Fsp3) is 0.0455. The molecule has 6 heteroatoms. The largest absolute Gasteiger partial charge is 0.508 e. The number of carbonyl (C=O) groups excluding carboxylic acids is 1. The lowest BCUT2D eigenvalue weighted by atomic mass is 10.0. The van der Waals surface area contributed by atoms with E-state index < -0.39 is 17.3 Å². The quantitative estimate of drug-likeness (QED) is 0.394. The van der Waals surface area contributed by atoms with Gasteiger partial charge in [0.05, 0.1) is 0 Å². The molecule has 142 valence electrons. The van der Waals surface area contributed by atoms with Crippen LogP contribution in [-0.4, -0.2) is 21.1 Å². The monoisotopic (exact) mass is 396 g/mol.